The summed E-state index contributed by atoms with van der Waals surface area (Å²) in [6.07, 6.45) is 23.5. The molecule has 1 rings (SSSR count). The summed E-state index contributed by atoms with van der Waals surface area (Å²) in [6, 6.07) is 0. The quantitative estimate of drug-likeness (QED) is 0.206. The fourth-order valence-electron chi connectivity index (χ4n) is 2.59. The molecule has 0 radical (unpaired) electrons. The Bertz CT molecular complexity index is 356. The van der Waals surface area contributed by atoms with Crippen LogP contribution in [0.15, 0.2) is 24.3 Å². The van der Waals surface area contributed by atoms with Crippen LogP contribution in [0.3, 0.4) is 0 Å². The lowest BCUT2D eigenvalue weighted by molar-refractivity contribution is -0.216. The minimum atomic E-state index is -0.254. The van der Waals surface area contributed by atoms with Crippen molar-refractivity contribution in [3.63, 3.8) is 0 Å². The van der Waals surface area contributed by atoms with Gasteiger partial charge in [0.1, 0.15) is 0 Å². The van der Waals surface area contributed by atoms with Crippen molar-refractivity contribution >= 4 is 5.97 Å². The summed E-state index contributed by atoms with van der Waals surface area (Å²) in [6.45, 7) is 2.97. The molecule has 0 bridgehead atoms. The normalized spacial score (nSPS) is 17.5. The molecule has 0 amide bonds. The monoisotopic (exact) mass is 336 g/mol. The van der Waals surface area contributed by atoms with Crippen molar-refractivity contribution < 1.29 is 14.3 Å². The van der Waals surface area contributed by atoms with Crippen LogP contribution in [0.25, 0.3) is 0 Å². The predicted octanol–water partition coefficient (Wildman–Crippen LogP) is 6.09. The van der Waals surface area contributed by atoms with Gasteiger partial charge in [0.25, 0.3) is 0 Å². The standard InChI is InChI=1S/C21H36O3/c1-2-3-4-5-6-7-8-9-10-11-12-13-14-15-16-17-20(22)24-21-18-19-23-21/h6-7,9-10,21H,2-5,8,11-19H2,1H3. The highest BCUT2D eigenvalue weighted by Gasteiger charge is 2.21. The molecule has 1 fully saturated rings. The average molecular weight is 337 g/mol. The summed E-state index contributed by atoms with van der Waals surface area (Å²) in [7, 11) is 0. The molecule has 0 saturated carbocycles. The zero-order chi connectivity index (χ0) is 17.3. The third-order valence-corrected chi connectivity index (χ3v) is 4.25. The van der Waals surface area contributed by atoms with Gasteiger partial charge in [-0.25, -0.2) is 0 Å². The number of rotatable bonds is 15. The van der Waals surface area contributed by atoms with Crippen LogP contribution in [0, 0.1) is 0 Å². The first-order valence-corrected chi connectivity index (χ1v) is 9.94. The number of allylic oxidation sites excluding steroid dienone is 4. The van der Waals surface area contributed by atoms with Gasteiger partial charge < -0.3 is 9.47 Å². The smallest absolute Gasteiger partial charge is 0.308 e. The fraction of sp³-hybridized carbons (Fsp3) is 0.762. The third-order valence-electron chi connectivity index (χ3n) is 4.25. The Kier molecular flexibility index (Phi) is 13.5. The maximum atomic E-state index is 11.5. The number of hydrogen-bond acceptors (Lipinski definition) is 3. The van der Waals surface area contributed by atoms with Gasteiger partial charge >= 0.3 is 5.97 Å². The number of ether oxygens (including phenoxy) is 2. The van der Waals surface area contributed by atoms with Gasteiger partial charge in [-0.15, -0.1) is 0 Å². The molecule has 1 heterocycles. The summed E-state index contributed by atoms with van der Waals surface area (Å²) in [4.78, 5) is 11.5. The lowest BCUT2D eigenvalue weighted by atomic mass is 10.1. The lowest BCUT2D eigenvalue weighted by Crippen LogP contribution is -2.31. The van der Waals surface area contributed by atoms with E-state index in [9.17, 15) is 4.79 Å². The molecule has 3 heteroatoms. The van der Waals surface area contributed by atoms with E-state index in [1.165, 1.54) is 51.4 Å². The average Bonchev–Trinajstić information content (AvgIpc) is 2.54. The Hall–Kier alpha value is -1.09. The first-order valence-electron chi connectivity index (χ1n) is 9.94. The Morgan fingerprint density at radius 2 is 1.58 bits per heavy atom. The highest BCUT2D eigenvalue weighted by molar-refractivity contribution is 5.69. The van der Waals surface area contributed by atoms with Crippen molar-refractivity contribution in [3.8, 4) is 0 Å². The second-order valence-electron chi connectivity index (χ2n) is 6.56. The van der Waals surface area contributed by atoms with Crippen molar-refractivity contribution in [2.75, 3.05) is 6.61 Å². The zero-order valence-corrected chi connectivity index (χ0v) is 15.5. The van der Waals surface area contributed by atoms with Crippen molar-refractivity contribution in [1.29, 1.82) is 0 Å². The Balaban J connectivity index is 1.78. The van der Waals surface area contributed by atoms with E-state index in [1.54, 1.807) is 0 Å². The summed E-state index contributed by atoms with van der Waals surface area (Å²) < 4.78 is 10.2. The molecular weight excluding hydrogens is 300 g/mol. The van der Waals surface area contributed by atoms with Crippen molar-refractivity contribution in [1.82, 2.24) is 0 Å². The second kappa shape index (κ2) is 15.4. The van der Waals surface area contributed by atoms with Crippen LogP contribution in [-0.4, -0.2) is 18.9 Å². The van der Waals surface area contributed by atoms with Crippen LogP contribution in [0.2, 0.25) is 0 Å². The summed E-state index contributed by atoms with van der Waals surface area (Å²) >= 11 is 0. The van der Waals surface area contributed by atoms with Crippen LogP contribution in [0.1, 0.15) is 90.4 Å². The van der Waals surface area contributed by atoms with Crippen LogP contribution in [0.5, 0.6) is 0 Å². The molecule has 1 aliphatic rings. The molecule has 0 aromatic carbocycles. The van der Waals surface area contributed by atoms with Gasteiger partial charge in [-0.05, 0) is 38.5 Å². The van der Waals surface area contributed by atoms with E-state index in [4.69, 9.17) is 9.47 Å². The maximum absolute atomic E-state index is 11.5. The van der Waals surface area contributed by atoms with E-state index in [0.29, 0.717) is 6.42 Å². The molecule has 0 spiro atoms. The van der Waals surface area contributed by atoms with Gasteiger partial charge in [0.15, 0.2) is 0 Å². The summed E-state index contributed by atoms with van der Waals surface area (Å²) in [5, 5.41) is 0. The van der Waals surface area contributed by atoms with E-state index < -0.39 is 0 Å². The van der Waals surface area contributed by atoms with Gasteiger partial charge in [0.2, 0.25) is 6.29 Å². The molecule has 1 aliphatic heterocycles. The third kappa shape index (κ3) is 12.3. The molecular formula is C21H36O3. The molecule has 3 nitrogen and oxygen atoms in total. The van der Waals surface area contributed by atoms with Crippen molar-refractivity contribution in [2.45, 2.75) is 96.7 Å². The maximum Gasteiger partial charge on any atom is 0.308 e. The molecule has 24 heavy (non-hydrogen) atoms. The zero-order valence-electron chi connectivity index (χ0n) is 15.5. The van der Waals surface area contributed by atoms with Gasteiger partial charge in [-0.2, -0.15) is 0 Å². The fourth-order valence-corrected chi connectivity index (χ4v) is 2.59. The van der Waals surface area contributed by atoms with Crippen LogP contribution < -0.4 is 0 Å². The molecule has 1 unspecified atom stereocenters. The van der Waals surface area contributed by atoms with Gasteiger partial charge in [-0.1, -0.05) is 63.3 Å². The molecule has 0 aromatic heterocycles. The highest BCUT2D eigenvalue weighted by Crippen LogP contribution is 2.14. The predicted molar refractivity (Wildman–Crippen MR) is 99.8 cm³/mol. The van der Waals surface area contributed by atoms with Gasteiger partial charge in [0.05, 0.1) is 6.61 Å². The molecule has 0 aliphatic carbocycles. The number of hydrogen-bond donors (Lipinski definition) is 0. The largest absolute Gasteiger partial charge is 0.436 e. The molecule has 1 saturated heterocycles. The molecule has 1 atom stereocenters. The number of esters is 1. The van der Waals surface area contributed by atoms with E-state index in [1.807, 2.05) is 0 Å². The van der Waals surface area contributed by atoms with Crippen LogP contribution in [0.4, 0.5) is 0 Å². The minimum Gasteiger partial charge on any atom is -0.436 e. The van der Waals surface area contributed by atoms with E-state index in [0.717, 1.165) is 32.3 Å². The number of carbonyl (C=O) groups excluding carboxylic acids is 1. The van der Waals surface area contributed by atoms with Gasteiger partial charge in [0, 0.05) is 12.8 Å². The second-order valence-corrected chi connectivity index (χ2v) is 6.56. The van der Waals surface area contributed by atoms with E-state index in [-0.39, 0.29) is 12.3 Å². The SMILES string of the molecule is CCCCCC=CCC=CCCCCCCCC(=O)OC1CCO1. The highest BCUT2D eigenvalue weighted by atomic mass is 16.7. The summed E-state index contributed by atoms with van der Waals surface area (Å²) in [5.74, 6) is -0.106. The van der Waals surface area contributed by atoms with Crippen molar-refractivity contribution in [3.05, 3.63) is 24.3 Å². The topological polar surface area (TPSA) is 35.5 Å². The molecule has 138 valence electrons. The molecule has 0 N–H and O–H groups in total. The Morgan fingerprint density at radius 1 is 0.958 bits per heavy atom. The minimum absolute atomic E-state index is 0.106. The van der Waals surface area contributed by atoms with E-state index >= 15 is 0 Å². The number of carbonyl (C=O) groups is 1. The Labute approximate surface area is 148 Å². The van der Waals surface area contributed by atoms with Crippen LogP contribution in [-0.2, 0) is 14.3 Å². The van der Waals surface area contributed by atoms with Gasteiger partial charge in [-0.3, -0.25) is 4.79 Å². The Morgan fingerprint density at radius 3 is 2.21 bits per heavy atom. The summed E-state index contributed by atoms with van der Waals surface area (Å²) in [5.41, 5.74) is 0. The lowest BCUT2D eigenvalue weighted by Gasteiger charge is -2.25. The molecule has 0 aromatic rings. The number of unbranched alkanes of at least 4 members (excludes halogenated alkanes) is 8. The van der Waals surface area contributed by atoms with E-state index in [2.05, 4.69) is 31.2 Å². The first-order chi connectivity index (χ1) is 11.8. The van der Waals surface area contributed by atoms with Crippen molar-refractivity contribution in [2.24, 2.45) is 0 Å². The van der Waals surface area contributed by atoms with Crippen LogP contribution >= 0.6 is 0 Å². The first kappa shape index (κ1) is 21.0.